The van der Waals surface area contributed by atoms with Gasteiger partial charge >= 0.3 is 18.2 Å². The minimum Gasteiger partial charge on any atom is -0.479 e. The van der Waals surface area contributed by atoms with Gasteiger partial charge in [0.05, 0.1) is 6.54 Å². The van der Waals surface area contributed by atoms with Crippen LogP contribution in [0.2, 0.25) is 0 Å². The quantitative estimate of drug-likeness (QED) is 0.492. The zero-order valence-electron chi connectivity index (χ0n) is 20.0. The molecule has 0 spiro atoms. The molecule has 2 rings (SSSR count). The molecule has 0 radical (unpaired) electrons. The van der Waals surface area contributed by atoms with Crippen LogP contribution in [-0.4, -0.2) is 64.3 Å². The molecule has 0 bridgehead atoms. The first kappa shape index (κ1) is 26.7. The number of carbonyl (C=O) groups is 4. The lowest BCUT2D eigenvalue weighted by Crippen LogP contribution is -2.60. The Kier molecular flexibility index (Phi) is 8.67. The maximum absolute atomic E-state index is 13.0. The highest BCUT2D eigenvalue weighted by atomic mass is 16.6. The second kappa shape index (κ2) is 11.0. The number of ether oxygens (including phenoxy) is 2. The smallest absolute Gasteiger partial charge is 0.408 e. The van der Waals surface area contributed by atoms with E-state index in [9.17, 15) is 24.3 Å². The second-order valence-electron chi connectivity index (χ2n) is 9.27. The molecule has 34 heavy (non-hydrogen) atoms. The topological polar surface area (TPSA) is 134 Å². The zero-order chi connectivity index (χ0) is 25.5. The lowest BCUT2D eigenvalue weighted by molar-refractivity contribution is -0.146. The van der Waals surface area contributed by atoms with Crippen molar-refractivity contribution >= 4 is 24.1 Å². The Balaban J connectivity index is 2.12. The Labute approximate surface area is 199 Å². The summed E-state index contributed by atoms with van der Waals surface area (Å²) in [5, 5.41) is 15.0. The van der Waals surface area contributed by atoms with E-state index >= 15 is 0 Å². The summed E-state index contributed by atoms with van der Waals surface area (Å²) in [4.78, 5) is 51.2. The number of hydrogen-bond donors (Lipinski definition) is 3. The third-order valence-corrected chi connectivity index (χ3v) is 5.36. The van der Waals surface area contributed by atoms with Crippen molar-refractivity contribution in [3.05, 3.63) is 48.6 Å². The fraction of sp³-hybridized carbons (Fsp3) is 0.500. The normalized spacial score (nSPS) is 20.7. The minimum absolute atomic E-state index is 0.0337. The van der Waals surface area contributed by atoms with Gasteiger partial charge in [0, 0.05) is 12.5 Å². The van der Waals surface area contributed by atoms with Gasteiger partial charge in [0.2, 0.25) is 5.91 Å². The molecule has 3 atom stereocenters. The number of amides is 3. The summed E-state index contributed by atoms with van der Waals surface area (Å²) in [5.41, 5.74) is -1.77. The van der Waals surface area contributed by atoms with Crippen LogP contribution in [0.3, 0.4) is 0 Å². The fourth-order valence-electron chi connectivity index (χ4n) is 3.76. The number of hydrogen-bond acceptors (Lipinski definition) is 6. The van der Waals surface area contributed by atoms with Crippen LogP contribution in [0, 0.1) is 5.92 Å². The van der Waals surface area contributed by atoms with Crippen molar-refractivity contribution in [2.45, 2.75) is 57.9 Å². The Morgan fingerprint density at radius 1 is 1.24 bits per heavy atom. The summed E-state index contributed by atoms with van der Waals surface area (Å²) in [7, 11) is 0. The minimum atomic E-state index is -1.77. The number of carbonyl (C=O) groups excluding carboxylic acids is 3. The van der Waals surface area contributed by atoms with Gasteiger partial charge in [-0.05, 0) is 39.7 Å². The van der Waals surface area contributed by atoms with E-state index in [0.717, 1.165) is 5.56 Å². The Morgan fingerprint density at radius 2 is 1.88 bits per heavy atom. The van der Waals surface area contributed by atoms with Gasteiger partial charge in [0.15, 0.2) is 5.54 Å². The van der Waals surface area contributed by atoms with Crippen LogP contribution >= 0.6 is 0 Å². The van der Waals surface area contributed by atoms with Gasteiger partial charge in [-0.15, -0.1) is 6.58 Å². The van der Waals surface area contributed by atoms with Crippen LogP contribution in [-0.2, 0) is 25.7 Å². The van der Waals surface area contributed by atoms with Crippen molar-refractivity contribution in [3.8, 4) is 0 Å². The van der Waals surface area contributed by atoms with Gasteiger partial charge in [0.25, 0.3) is 0 Å². The molecule has 0 unspecified atom stereocenters. The molecule has 1 heterocycles. The highest BCUT2D eigenvalue weighted by molar-refractivity contribution is 5.90. The van der Waals surface area contributed by atoms with Gasteiger partial charge in [-0.1, -0.05) is 36.4 Å². The lowest BCUT2D eigenvalue weighted by Gasteiger charge is -2.30. The third kappa shape index (κ3) is 6.97. The summed E-state index contributed by atoms with van der Waals surface area (Å²) in [6.45, 7) is 9.97. The van der Waals surface area contributed by atoms with Crippen molar-refractivity contribution in [1.82, 2.24) is 15.5 Å². The number of nitrogens with one attached hydrogen (secondary N) is 2. The number of alkyl carbamates (subject to hydrolysis) is 2. The number of likely N-dealkylation sites (tertiary alicyclic amines) is 1. The standard InChI is InChI=1S/C24H33N3O7/c1-6-10-18-13-27(19(28)16(2)25-21(31)34-23(3,4)5)15-24(18,20(29)30)26-22(32)33-14-17-11-8-7-9-12-17/h6-9,11-12,16,18H,1,10,13-15H2,2-5H3,(H,25,31)(H,26,32)(H,29,30)/t16-,18-,24-/m0/s1. The monoisotopic (exact) mass is 475 g/mol. The van der Waals surface area contributed by atoms with E-state index in [1.807, 2.05) is 6.07 Å². The highest BCUT2D eigenvalue weighted by Gasteiger charge is 2.55. The number of benzene rings is 1. The molecule has 10 heteroatoms. The third-order valence-electron chi connectivity index (χ3n) is 5.36. The highest BCUT2D eigenvalue weighted by Crippen LogP contribution is 2.32. The average Bonchev–Trinajstić information content (AvgIpc) is 3.10. The molecule has 0 saturated carbocycles. The molecule has 1 aromatic carbocycles. The van der Waals surface area contributed by atoms with Crippen molar-refractivity contribution < 1.29 is 33.8 Å². The maximum Gasteiger partial charge on any atom is 0.408 e. The van der Waals surface area contributed by atoms with E-state index in [0.29, 0.717) is 0 Å². The fourth-order valence-corrected chi connectivity index (χ4v) is 3.76. The van der Waals surface area contributed by atoms with Gasteiger partial charge in [-0.2, -0.15) is 0 Å². The summed E-state index contributed by atoms with van der Waals surface area (Å²) in [6, 6.07) is 8.00. The zero-order valence-corrected chi connectivity index (χ0v) is 20.0. The number of allylic oxidation sites excluding steroid dienone is 1. The van der Waals surface area contributed by atoms with Crippen molar-refractivity contribution in [1.29, 1.82) is 0 Å². The van der Waals surface area contributed by atoms with Gasteiger partial charge in [-0.3, -0.25) is 4.79 Å². The summed E-state index contributed by atoms with van der Waals surface area (Å²) >= 11 is 0. The van der Waals surface area contributed by atoms with E-state index in [1.165, 1.54) is 17.9 Å². The van der Waals surface area contributed by atoms with E-state index in [1.54, 1.807) is 45.0 Å². The van der Waals surface area contributed by atoms with Gasteiger partial charge in [-0.25, -0.2) is 14.4 Å². The van der Waals surface area contributed by atoms with Crippen LogP contribution < -0.4 is 10.6 Å². The van der Waals surface area contributed by atoms with E-state index in [-0.39, 0.29) is 26.1 Å². The Bertz CT molecular complexity index is 913. The molecule has 1 aliphatic rings. The summed E-state index contributed by atoms with van der Waals surface area (Å²) in [5.74, 6) is -2.44. The van der Waals surface area contributed by atoms with Crippen molar-refractivity contribution in [2.24, 2.45) is 5.92 Å². The second-order valence-corrected chi connectivity index (χ2v) is 9.27. The van der Waals surface area contributed by atoms with Gasteiger partial charge in [0.1, 0.15) is 18.2 Å². The van der Waals surface area contributed by atoms with Crippen LogP contribution in [0.5, 0.6) is 0 Å². The molecule has 3 N–H and O–H groups in total. The largest absolute Gasteiger partial charge is 0.479 e. The molecule has 0 aliphatic carbocycles. The molecule has 1 aliphatic heterocycles. The molecule has 186 valence electrons. The summed E-state index contributed by atoms with van der Waals surface area (Å²) in [6.07, 6.45) is 0.107. The molecular weight excluding hydrogens is 442 g/mol. The molecule has 1 aromatic rings. The summed E-state index contributed by atoms with van der Waals surface area (Å²) < 4.78 is 10.4. The Hall–Kier alpha value is -3.56. The molecule has 0 aromatic heterocycles. The van der Waals surface area contributed by atoms with Crippen molar-refractivity contribution in [3.63, 3.8) is 0 Å². The van der Waals surface area contributed by atoms with E-state index < -0.39 is 47.2 Å². The van der Waals surface area contributed by atoms with Crippen LogP contribution in [0.1, 0.15) is 39.7 Å². The van der Waals surface area contributed by atoms with Crippen LogP contribution in [0.4, 0.5) is 9.59 Å². The lowest BCUT2D eigenvalue weighted by atomic mass is 9.85. The van der Waals surface area contributed by atoms with E-state index in [2.05, 4.69) is 17.2 Å². The molecule has 1 fully saturated rings. The number of carboxylic acids is 1. The average molecular weight is 476 g/mol. The first-order valence-corrected chi connectivity index (χ1v) is 11.0. The predicted molar refractivity (Wildman–Crippen MR) is 124 cm³/mol. The molecular formula is C24H33N3O7. The van der Waals surface area contributed by atoms with Crippen LogP contribution in [0.15, 0.2) is 43.0 Å². The predicted octanol–water partition coefficient (Wildman–Crippen LogP) is 2.68. The van der Waals surface area contributed by atoms with E-state index in [4.69, 9.17) is 9.47 Å². The first-order chi connectivity index (χ1) is 15.9. The molecule has 1 saturated heterocycles. The van der Waals surface area contributed by atoms with Crippen LogP contribution in [0.25, 0.3) is 0 Å². The number of aliphatic carboxylic acids is 1. The van der Waals surface area contributed by atoms with Crippen molar-refractivity contribution in [2.75, 3.05) is 13.1 Å². The Morgan fingerprint density at radius 3 is 2.44 bits per heavy atom. The molecule has 3 amide bonds. The number of nitrogens with zero attached hydrogens (tertiary/aromatic N) is 1. The number of carboxylic acid groups (broad SMARTS) is 1. The first-order valence-electron chi connectivity index (χ1n) is 11.0. The van der Waals surface area contributed by atoms with Gasteiger partial charge < -0.3 is 30.1 Å². The SMILES string of the molecule is C=CC[C@H]1CN(C(=O)[C@H](C)NC(=O)OC(C)(C)C)C[C@@]1(NC(=O)OCc1ccccc1)C(=O)O. The number of rotatable bonds is 8. The molecule has 10 nitrogen and oxygen atoms in total. The maximum atomic E-state index is 13.0.